The third-order valence-electron chi connectivity index (χ3n) is 2.34. The third-order valence-corrected chi connectivity index (χ3v) is 2.34. The number of carbonyl (C=O) groups is 1. The standard InChI is InChI=1S/C9H9BFNO4/c11-9-6(12-3-7(13)14)2-1-5-4-16-10(15)8(5)9/h1-2,12,15H,3-4H2,(H,13,14). The summed E-state index contributed by atoms with van der Waals surface area (Å²) in [5.41, 5.74) is 0.701. The molecular formula is C9H9BFNO4. The number of benzene rings is 1. The maximum absolute atomic E-state index is 13.8. The first kappa shape index (κ1) is 10.9. The molecule has 84 valence electrons. The predicted octanol–water partition coefficient (Wildman–Crippen LogP) is -0.460. The Morgan fingerprint density at radius 1 is 1.62 bits per heavy atom. The normalized spacial score (nSPS) is 13.8. The van der Waals surface area contributed by atoms with E-state index < -0.39 is 18.9 Å². The summed E-state index contributed by atoms with van der Waals surface area (Å²) in [6.07, 6.45) is 0. The fourth-order valence-corrected chi connectivity index (χ4v) is 1.59. The van der Waals surface area contributed by atoms with E-state index in [0.717, 1.165) is 0 Å². The number of halogens is 1. The summed E-state index contributed by atoms with van der Waals surface area (Å²) in [4.78, 5) is 10.3. The van der Waals surface area contributed by atoms with Crippen LogP contribution in [-0.4, -0.2) is 29.8 Å². The Morgan fingerprint density at radius 3 is 3.06 bits per heavy atom. The highest BCUT2D eigenvalue weighted by Gasteiger charge is 2.32. The molecule has 1 aromatic rings. The smallest absolute Gasteiger partial charge is 0.480 e. The van der Waals surface area contributed by atoms with Gasteiger partial charge in [-0.3, -0.25) is 4.79 Å². The Bertz CT molecular complexity index is 440. The second-order valence-electron chi connectivity index (χ2n) is 3.41. The van der Waals surface area contributed by atoms with E-state index in [0.29, 0.717) is 5.56 Å². The van der Waals surface area contributed by atoms with Gasteiger partial charge in [0.05, 0.1) is 12.3 Å². The zero-order chi connectivity index (χ0) is 11.7. The Balaban J connectivity index is 2.28. The average Bonchev–Trinajstić information content (AvgIpc) is 2.60. The molecule has 0 saturated carbocycles. The van der Waals surface area contributed by atoms with Crippen molar-refractivity contribution in [2.75, 3.05) is 11.9 Å². The number of rotatable bonds is 3. The molecule has 1 aliphatic rings. The predicted molar refractivity (Wildman–Crippen MR) is 54.9 cm³/mol. The van der Waals surface area contributed by atoms with Gasteiger partial charge in [-0.25, -0.2) is 4.39 Å². The molecule has 0 amide bonds. The number of hydrogen-bond acceptors (Lipinski definition) is 4. The largest absolute Gasteiger partial charge is 0.494 e. The van der Waals surface area contributed by atoms with Gasteiger partial charge in [-0.15, -0.1) is 0 Å². The molecule has 0 saturated heterocycles. The molecule has 0 bridgehead atoms. The molecule has 0 spiro atoms. The maximum atomic E-state index is 13.8. The summed E-state index contributed by atoms with van der Waals surface area (Å²) in [5.74, 6) is -1.75. The van der Waals surface area contributed by atoms with Crippen molar-refractivity contribution in [3.63, 3.8) is 0 Å². The van der Waals surface area contributed by atoms with Crippen molar-refractivity contribution in [3.05, 3.63) is 23.5 Å². The third kappa shape index (κ3) is 1.87. The van der Waals surface area contributed by atoms with E-state index in [9.17, 15) is 14.2 Å². The number of anilines is 1. The molecule has 0 fully saturated rings. The van der Waals surface area contributed by atoms with Crippen LogP contribution in [0.5, 0.6) is 0 Å². The van der Waals surface area contributed by atoms with Crippen LogP contribution in [0.15, 0.2) is 12.1 Å². The lowest BCUT2D eigenvalue weighted by Gasteiger charge is -2.08. The first-order valence-electron chi connectivity index (χ1n) is 4.66. The summed E-state index contributed by atoms with van der Waals surface area (Å²) in [7, 11) is -1.28. The van der Waals surface area contributed by atoms with Crippen molar-refractivity contribution in [2.24, 2.45) is 0 Å². The molecule has 1 aromatic carbocycles. The molecule has 5 nitrogen and oxygen atoms in total. The van der Waals surface area contributed by atoms with Crippen LogP contribution in [0.2, 0.25) is 0 Å². The minimum absolute atomic E-state index is 0.0469. The average molecular weight is 225 g/mol. The minimum atomic E-state index is -1.28. The molecule has 0 radical (unpaired) electrons. The van der Waals surface area contributed by atoms with Gasteiger partial charge in [0, 0.05) is 5.46 Å². The van der Waals surface area contributed by atoms with Crippen LogP contribution >= 0.6 is 0 Å². The maximum Gasteiger partial charge on any atom is 0.494 e. The van der Waals surface area contributed by atoms with Gasteiger partial charge >= 0.3 is 13.1 Å². The minimum Gasteiger partial charge on any atom is -0.480 e. The summed E-state index contributed by atoms with van der Waals surface area (Å²) in [5, 5.41) is 20.2. The van der Waals surface area contributed by atoms with E-state index >= 15 is 0 Å². The fourth-order valence-electron chi connectivity index (χ4n) is 1.59. The number of nitrogens with one attached hydrogen (secondary N) is 1. The SMILES string of the molecule is O=C(O)CNc1ccc2c(c1F)B(O)OC2. The van der Waals surface area contributed by atoms with Crippen LogP contribution < -0.4 is 10.8 Å². The van der Waals surface area contributed by atoms with Gasteiger partial charge in [-0.1, -0.05) is 6.07 Å². The van der Waals surface area contributed by atoms with Gasteiger partial charge in [0.25, 0.3) is 0 Å². The van der Waals surface area contributed by atoms with Crippen LogP contribution in [0.1, 0.15) is 5.56 Å². The molecule has 0 atom stereocenters. The highest BCUT2D eigenvalue weighted by molar-refractivity contribution is 6.61. The van der Waals surface area contributed by atoms with E-state index in [1.54, 1.807) is 6.07 Å². The molecule has 1 aliphatic heterocycles. The molecule has 3 N–H and O–H groups in total. The Kier molecular flexibility index (Phi) is 2.80. The Hall–Kier alpha value is -1.60. The van der Waals surface area contributed by atoms with Crippen LogP contribution in [-0.2, 0) is 16.1 Å². The van der Waals surface area contributed by atoms with Crippen molar-refractivity contribution < 1.29 is 24.0 Å². The second kappa shape index (κ2) is 4.11. The number of carboxylic acid groups (broad SMARTS) is 1. The van der Waals surface area contributed by atoms with E-state index in [2.05, 4.69) is 5.32 Å². The van der Waals surface area contributed by atoms with Gasteiger partial charge in [0.1, 0.15) is 12.4 Å². The highest BCUT2D eigenvalue weighted by atomic mass is 19.1. The Morgan fingerprint density at radius 2 is 2.38 bits per heavy atom. The van der Waals surface area contributed by atoms with Gasteiger partial charge in [0.15, 0.2) is 0 Å². The van der Waals surface area contributed by atoms with Crippen LogP contribution in [0.3, 0.4) is 0 Å². The van der Waals surface area contributed by atoms with Gasteiger partial charge < -0.3 is 20.1 Å². The van der Waals surface area contributed by atoms with E-state index in [-0.39, 0.29) is 24.3 Å². The van der Waals surface area contributed by atoms with Gasteiger partial charge in [-0.2, -0.15) is 0 Å². The first-order chi connectivity index (χ1) is 7.59. The summed E-state index contributed by atoms with van der Waals surface area (Å²) in [6.45, 7) is -0.223. The van der Waals surface area contributed by atoms with Crippen molar-refractivity contribution in [1.82, 2.24) is 0 Å². The van der Waals surface area contributed by atoms with Gasteiger partial charge in [0.2, 0.25) is 0 Å². The van der Waals surface area contributed by atoms with Crippen molar-refractivity contribution in [2.45, 2.75) is 6.61 Å². The van der Waals surface area contributed by atoms with Gasteiger partial charge in [-0.05, 0) is 11.6 Å². The van der Waals surface area contributed by atoms with E-state index in [1.807, 2.05) is 0 Å². The highest BCUT2D eigenvalue weighted by Crippen LogP contribution is 2.18. The second-order valence-corrected chi connectivity index (χ2v) is 3.41. The molecular weight excluding hydrogens is 216 g/mol. The summed E-state index contributed by atoms with van der Waals surface area (Å²) < 4.78 is 18.6. The van der Waals surface area contributed by atoms with Crippen LogP contribution in [0.25, 0.3) is 0 Å². The quantitative estimate of drug-likeness (QED) is 0.606. The van der Waals surface area contributed by atoms with Crippen molar-refractivity contribution >= 4 is 24.2 Å². The lowest BCUT2D eigenvalue weighted by Crippen LogP contribution is -2.32. The number of carboxylic acids is 1. The topological polar surface area (TPSA) is 78.8 Å². The molecule has 0 aliphatic carbocycles. The molecule has 7 heteroatoms. The molecule has 0 unspecified atom stereocenters. The van der Waals surface area contributed by atoms with E-state index in [4.69, 9.17) is 9.76 Å². The van der Waals surface area contributed by atoms with Crippen LogP contribution in [0.4, 0.5) is 10.1 Å². The molecule has 0 aromatic heterocycles. The van der Waals surface area contributed by atoms with Crippen molar-refractivity contribution in [1.29, 1.82) is 0 Å². The van der Waals surface area contributed by atoms with Crippen molar-refractivity contribution in [3.8, 4) is 0 Å². The summed E-state index contributed by atoms with van der Waals surface area (Å²) in [6, 6.07) is 3.03. The number of aliphatic carboxylic acids is 1. The fraction of sp³-hybridized carbons (Fsp3) is 0.222. The van der Waals surface area contributed by atoms with Crippen LogP contribution in [0, 0.1) is 5.82 Å². The number of hydrogen-bond donors (Lipinski definition) is 3. The number of fused-ring (bicyclic) bond motifs is 1. The first-order valence-corrected chi connectivity index (χ1v) is 4.66. The zero-order valence-corrected chi connectivity index (χ0v) is 8.24. The Labute approximate surface area is 91.0 Å². The monoisotopic (exact) mass is 225 g/mol. The molecule has 2 rings (SSSR count). The lowest BCUT2D eigenvalue weighted by molar-refractivity contribution is -0.134. The molecule has 16 heavy (non-hydrogen) atoms. The summed E-state index contributed by atoms with van der Waals surface area (Å²) >= 11 is 0. The molecule has 1 heterocycles. The lowest BCUT2D eigenvalue weighted by atomic mass is 9.79. The zero-order valence-electron chi connectivity index (χ0n) is 8.24. The van der Waals surface area contributed by atoms with E-state index in [1.165, 1.54) is 6.07 Å².